The van der Waals surface area contributed by atoms with E-state index in [1.165, 1.54) is 6.07 Å². The lowest BCUT2D eigenvalue weighted by Crippen LogP contribution is -2.04. The molecule has 5 nitrogen and oxygen atoms in total. The highest BCUT2D eigenvalue weighted by Gasteiger charge is 2.33. The molecular formula is C16H9F3N2O3S. The van der Waals surface area contributed by atoms with Crippen molar-refractivity contribution >= 4 is 15.5 Å². The Morgan fingerprint density at radius 2 is 1.92 bits per heavy atom. The number of ether oxygens (including phenoxy) is 1. The van der Waals surface area contributed by atoms with Gasteiger partial charge in [-0.05, 0) is 24.3 Å². The Bertz CT molecular complexity index is 1060. The van der Waals surface area contributed by atoms with E-state index in [-0.39, 0.29) is 33.2 Å². The summed E-state index contributed by atoms with van der Waals surface area (Å²) in [5.74, 6) is -1.34. The molecule has 0 saturated carbocycles. The van der Waals surface area contributed by atoms with Crippen molar-refractivity contribution in [3.63, 3.8) is 0 Å². The fraction of sp³-hybridized carbons (Fsp3) is 0.0625. The van der Waals surface area contributed by atoms with Crippen molar-refractivity contribution in [2.24, 2.45) is 5.73 Å². The standard InChI is InChI=1S/C16H9F3N2O3S/c17-9-3-8(6-20)4-10(5-9)24-12-1-2-13-14(15(12)16(18)19)11(21)7-25(13,22)23/h1-5,7,16H,21H2. The van der Waals surface area contributed by atoms with Crippen molar-refractivity contribution in [1.82, 2.24) is 0 Å². The molecular weight excluding hydrogens is 357 g/mol. The average Bonchev–Trinajstić information content (AvgIpc) is 2.75. The molecule has 1 aliphatic heterocycles. The molecule has 0 aromatic heterocycles. The van der Waals surface area contributed by atoms with Gasteiger partial charge in [0.15, 0.2) is 0 Å². The molecule has 0 unspecified atom stereocenters. The maximum Gasteiger partial charge on any atom is 0.268 e. The quantitative estimate of drug-likeness (QED) is 0.898. The van der Waals surface area contributed by atoms with Crippen LogP contribution in [0.3, 0.4) is 0 Å². The van der Waals surface area contributed by atoms with Gasteiger partial charge < -0.3 is 10.5 Å². The molecule has 0 saturated heterocycles. The zero-order chi connectivity index (χ0) is 18.4. The molecule has 2 N–H and O–H groups in total. The second-order valence-electron chi connectivity index (χ2n) is 5.16. The van der Waals surface area contributed by atoms with E-state index >= 15 is 0 Å². The Hall–Kier alpha value is -2.99. The molecule has 1 aliphatic rings. The molecule has 1 heterocycles. The van der Waals surface area contributed by atoms with E-state index in [0.717, 1.165) is 24.3 Å². The largest absolute Gasteiger partial charge is 0.457 e. The molecule has 0 atom stereocenters. The minimum absolute atomic E-state index is 0.0586. The Labute approximate surface area is 140 Å². The Morgan fingerprint density at radius 3 is 2.56 bits per heavy atom. The Kier molecular flexibility index (Phi) is 3.93. The molecule has 0 aliphatic carbocycles. The van der Waals surface area contributed by atoms with Crippen molar-refractivity contribution in [2.45, 2.75) is 11.3 Å². The summed E-state index contributed by atoms with van der Waals surface area (Å²) in [6.45, 7) is 0. The van der Waals surface area contributed by atoms with Gasteiger partial charge in [0.25, 0.3) is 6.43 Å². The number of nitrogens with two attached hydrogens (primary N) is 1. The van der Waals surface area contributed by atoms with Crippen LogP contribution in [-0.2, 0) is 9.84 Å². The lowest BCUT2D eigenvalue weighted by Gasteiger charge is -2.15. The predicted octanol–water partition coefficient (Wildman–Crippen LogP) is 3.47. The van der Waals surface area contributed by atoms with Gasteiger partial charge in [-0.1, -0.05) is 0 Å². The molecule has 0 spiro atoms. The molecule has 0 amide bonds. The molecule has 0 bridgehead atoms. The number of benzene rings is 2. The lowest BCUT2D eigenvalue weighted by molar-refractivity contribution is 0.147. The van der Waals surface area contributed by atoms with E-state index in [1.807, 2.05) is 0 Å². The first-order chi connectivity index (χ1) is 11.7. The van der Waals surface area contributed by atoms with Gasteiger partial charge in [0, 0.05) is 11.6 Å². The van der Waals surface area contributed by atoms with Gasteiger partial charge in [-0.15, -0.1) is 0 Å². The van der Waals surface area contributed by atoms with Crippen LogP contribution in [0.15, 0.2) is 40.6 Å². The smallest absolute Gasteiger partial charge is 0.268 e. The van der Waals surface area contributed by atoms with E-state index in [1.54, 1.807) is 6.07 Å². The fourth-order valence-electron chi connectivity index (χ4n) is 2.52. The van der Waals surface area contributed by atoms with Crippen molar-refractivity contribution in [2.75, 3.05) is 0 Å². The minimum Gasteiger partial charge on any atom is -0.457 e. The number of alkyl halides is 2. The van der Waals surface area contributed by atoms with Crippen LogP contribution in [0.5, 0.6) is 11.5 Å². The predicted molar refractivity (Wildman–Crippen MR) is 81.9 cm³/mol. The topological polar surface area (TPSA) is 93.2 Å². The molecule has 9 heteroatoms. The van der Waals surface area contributed by atoms with Crippen LogP contribution < -0.4 is 10.5 Å². The summed E-state index contributed by atoms with van der Waals surface area (Å²) >= 11 is 0. The Morgan fingerprint density at radius 1 is 1.20 bits per heavy atom. The average molecular weight is 366 g/mol. The van der Waals surface area contributed by atoms with E-state index in [4.69, 9.17) is 15.7 Å². The van der Waals surface area contributed by atoms with Crippen LogP contribution >= 0.6 is 0 Å². The zero-order valence-electron chi connectivity index (χ0n) is 12.3. The van der Waals surface area contributed by atoms with Gasteiger partial charge >= 0.3 is 0 Å². The highest BCUT2D eigenvalue weighted by Crippen LogP contribution is 2.43. The van der Waals surface area contributed by atoms with Gasteiger partial charge in [-0.3, -0.25) is 0 Å². The Balaban J connectivity index is 2.17. The van der Waals surface area contributed by atoms with Crippen LogP contribution in [0.2, 0.25) is 0 Å². The molecule has 128 valence electrons. The third-order valence-corrected chi connectivity index (χ3v) is 5.01. The van der Waals surface area contributed by atoms with Crippen LogP contribution in [0.25, 0.3) is 5.70 Å². The summed E-state index contributed by atoms with van der Waals surface area (Å²) < 4.78 is 69.7. The number of sulfone groups is 1. The van der Waals surface area contributed by atoms with Gasteiger partial charge in [0.1, 0.15) is 17.3 Å². The van der Waals surface area contributed by atoms with E-state index in [2.05, 4.69) is 0 Å². The summed E-state index contributed by atoms with van der Waals surface area (Å²) in [6.07, 6.45) is -3.09. The van der Waals surface area contributed by atoms with Crippen LogP contribution in [-0.4, -0.2) is 8.42 Å². The van der Waals surface area contributed by atoms with Crippen molar-refractivity contribution in [3.05, 3.63) is 58.2 Å². The number of hydrogen-bond acceptors (Lipinski definition) is 5. The number of nitrogens with zero attached hydrogens (tertiary/aromatic N) is 1. The van der Waals surface area contributed by atoms with Gasteiger partial charge in [0.05, 0.1) is 33.2 Å². The monoisotopic (exact) mass is 366 g/mol. The molecule has 2 aromatic carbocycles. The molecule has 3 rings (SSSR count). The van der Waals surface area contributed by atoms with Crippen LogP contribution in [0, 0.1) is 17.1 Å². The van der Waals surface area contributed by atoms with E-state index in [0.29, 0.717) is 5.41 Å². The third-order valence-electron chi connectivity index (χ3n) is 3.49. The second-order valence-corrected chi connectivity index (χ2v) is 6.92. The first kappa shape index (κ1) is 16.9. The summed E-state index contributed by atoms with van der Waals surface area (Å²) in [6, 6.07) is 6.89. The van der Waals surface area contributed by atoms with Crippen molar-refractivity contribution < 1.29 is 26.3 Å². The van der Waals surface area contributed by atoms with E-state index < -0.39 is 27.6 Å². The molecule has 25 heavy (non-hydrogen) atoms. The molecule has 0 fully saturated rings. The van der Waals surface area contributed by atoms with Crippen LogP contribution in [0.1, 0.15) is 23.1 Å². The molecule has 0 radical (unpaired) electrons. The molecule has 2 aromatic rings. The number of nitriles is 1. The van der Waals surface area contributed by atoms with Crippen molar-refractivity contribution in [1.29, 1.82) is 5.26 Å². The summed E-state index contributed by atoms with van der Waals surface area (Å²) in [5, 5.41) is 9.53. The van der Waals surface area contributed by atoms with Gasteiger partial charge in [-0.25, -0.2) is 21.6 Å². The highest BCUT2D eigenvalue weighted by atomic mass is 32.2. The number of hydrogen-bond donors (Lipinski definition) is 1. The van der Waals surface area contributed by atoms with Gasteiger partial charge in [0.2, 0.25) is 9.84 Å². The van der Waals surface area contributed by atoms with E-state index in [9.17, 15) is 21.6 Å². The highest BCUT2D eigenvalue weighted by molar-refractivity contribution is 7.95. The normalized spacial score (nSPS) is 14.8. The fourth-order valence-corrected chi connectivity index (χ4v) is 3.87. The first-order valence-corrected chi connectivity index (χ1v) is 8.34. The number of halogens is 3. The SMILES string of the molecule is N#Cc1cc(F)cc(Oc2ccc3c(c2C(F)F)C(N)=CS3(=O)=O)c1. The third kappa shape index (κ3) is 2.92. The lowest BCUT2D eigenvalue weighted by atomic mass is 10.0. The minimum atomic E-state index is -3.90. The van der Waals surface area contributed by atoms with Crippen LogP contribution in [0.4, 0.5) is 13.2 Å². The summed E-state index contributed by atoms with van der Waals surface area (Å²) in [5.41, 5.74) is 4.16. The number of rotatable bonds is 3. The second kappa shape index (κ2) is 5.82. The maximum absolute atomic E-state index is 13.6. The van der Waals surface area contributed by atoms with Gasteiger partial charge in [-0.2, -0.15) is 5.26 Å². The van der Waals surface area contributed by atoms with Crippen molar-refractivity contribution in [3.8, 4) is 17.6 Å². The summed E-state index contributed by atoms with van der Waals surface area (Å²) in [4.78, 5) is -0.343. The first-order valence-electron chi connectivity index (χ1n) is 6.79. The summed E-state index contributed by atoms with van der Waals surface area (Å²) in [7, 11) is -3.90. The zero-order valence-corrected chi connectivity index (χ0v) is 13.1. The maximum atomic E-state index is 13.6. The number of fused-ring (bicyclic) bond motifs is 1.